The Labute approximate surface area is 104 Å². The van der Waals surface area contributed by atoms with Gasteiger partial charge in [-0.05, 0) is 26.0 Å². The summed E-state index contributed by atoms with van der Waals surface area (Å²) in [6.07, 6.45) is 0. The van der Waals surface area contributed by atoms with Crippen molar-refractivity contribution in [2.75, 3.05) is 11.5 Å². The molecule has 92 valence electrons. The fraction of sp³-hybridized carbons (Fsp3) is 0.455. The molecule has 1 aliphatic rings. The lowest BCUT2D eigenvalue weighted by Crippen LogP contribution is -2.47. The molecule has 1 fully saturated rings. The third-order valence-electron chi connectivity index (χ3n) is 2.76. The number of amidine groups is 1. The Kier molecular flexibility index (Phi) is 2.99. The molecule has 0 radical (unpaired) electrons. The number of halogens is 1. The van der Waals surface area contributed by atoms with Gasteiger partial charge in [0.2, 0.25) is 0 Å². The molecule has 0 aromatic carbocycles. The largest absolute Gasteiger partial charge is 0.384 e. The van der Waals surface area contributed by atoms with Crippen LogP contribution in [0.25, 0.3) is 0 Å². The Balaban J connectivity index is 2.25. The van der Waals surface area contributed by atoms with Crippen molar-refractivity contribution >= 4 is 23.4 Å². The van der Waals surface area contributed by atoms with Gasteiger partial charge in [-0.1, -0.05) is 0 Å². The van der Waals surface area contributed by atoms with Gasteiger partial charge >= 0.3 is 0 Å². The first-order valence-electron chi connectivity index (χ1n) is 5.31. The van der Waals surface area contributed by atoms with Crippen molar-refractivity contribution in [1.82, 2.24) is 10.3 Å². The number of nitrogen functional groups attached to an aromatic ring is 1. The number of nitrogens with two attached hydrogens (primary N) is 1. The third-order valence-corrected chi connectivity index (χ3v) is 4.18. The van der Waals surface area contributed by atoms with E-state index < -0.39 is 0 Å². The predicted octanol–water partition coefficient (Wildman–Crippen LogP) is 1.94. The van der Waals surface area contributed by atoms with Gasteiger partial charge in [-0.25, -0.2) is 9.37 Å². The average Bonchev–Trinajstić information content (AvgIpc) is 2.26. The molecule has 0 spiro atoms. The summed E-state index contributed by atoms with van der Waals surface area (Å²) in [6, 6.07) is 2.46. The van der Waals surface area contributed by atoms with E-state index in [0.29, 0.717) is 17.4 Å². The lowest BCUT2D eigenvalue weighted by molar-refractivity contribution is 0.556. The van der Waals surface area contributed by atoms with Crippen LogP contribution in [0.4, 0.5) is 10.2 Å². The molecule has 1 aromatic heterocycles. The molecule has 2 heterocycles. The summed E-state index contributed by atoms with van der Waals surface area (Å²) in [5.41, 5.74) is 5.85. The van der Waals surface area contributed by atoms with Crippen molar-refractivity contribution in [3.8, 4) is 0 Å². The van der Waals surface area contributed by atoms with Crippen molar-refractivity contribution in [3.05, 3.63) is 23.6 Å². The monoisotopic (exact) mass is 254 g/mol. The maximum Gasteiger partial charge on any atom is 0.147 e. The van der Waals surface area contributed by atoms with Gasteiger partial charge < -0.3 is 11.1 Å². The van der Waals surface area contributed by atoms with Crippen molar-refractivity contribution in [2.24, 2.45) is 0 Å². The first kappa shape index (κ1) is 12.2. The van der Waals surface area contributed by atoms with Crippen molar-refractivity contribution in [2.45, 2.75) is 24.6 Å². The van der Waals surface area contributed by atoms with E-state index in [0.717, 1.165) is 0 Å². The van der Waals surface area contributed by atoms with Gasteiger partial charge in [-0.3, -0.25) is 5.41 Å². The van der Waals surface area contributed by atoms with Gasteiger partial charge in [0.25, 0.3) is 0 Å². The zero-order valence-corrected chi connectivity index (χ0v) is 10.6. The summed E-state index contributed by atoms with van der Waals surface area (Å²) in [5.74, 6) is 0.972. The Bertz CT molecular complexity index is 461. The summed E-state index contributed by atoms with van der Waals surface area (Å²) < 4.78 is 13.4. The minimum absolute atomic E-state index is 0.257. The molecule has 0 bridgehead atoms. The van der Waals surface area contributed by atoms with Crippen LogP contribution >= 0.6 is 11.8 Å². The number of rotatable bonds is 1. The molecule has 0 aliphatic carbocycles. The average molecular weight is 254 g/mol. The Morgan fingerprint density at radius 2 is 2.29 bits per heavy atom. The molecular weight excluding hydrogens is 239 g/mol. The topological polar surface area (TPSA) is 74.8 Å². The lowest BCUT2D eigenvalue weighted by atomic mass is 10.1. The highest BCUT2D eigenvalue weighted by molar-refractivity contribution is 8.01. The second-order valence-corrected chi connectivity index (χ2v) is 6.14. The number of aromatic nitrogens is 1. The second-order valence-electron chi connectivity index (χ2n) is 4.50. The number of nitrogens with zero attached hydrogens (tertiary/aromatic N) is 1. The van der Waals surface area contributed by atoms with Gasteiger partial charge in [-0.15, -0.1) is 11.8 Å². The molecule has 1 saturated heterocycles. The third kappa shape index (κ3) is 2.36. The highest BCUT2D eigenvalue weighted by Gasteiger charge is 2.34. The van der Waals surface area contributed by atoms with Crippen LogP contribution in [0.2, 0.25) is 0 Å². The maximum absolute atomic E-state index is 13.6. The molecule has 1 aliphatic heterocycles. The van der Waals surface area contributed by atoms with E-state index in [1.54, 1.807) is 11.8 Å². The fourth-order valence-electron chi connectivity index (χ4n) is 1.62. The van der Waals surface area contributed by atoms with Gasteiger partial charge in [-0.2, -0.15) is 0 Å². The van der Waals surface area contributed by atoms with E-state index in [2.05, 4.69) is 10.3 Å². The molecule has 1 aromatic rings. The highest BCUT2D eigenvalue weighted by Crippen LogP contribution is 2.34. The molecule has 0 amide bonds. The number of thioether (sulfide) groups is 1. The minimum atomic E-state index is -0.384. The molecule has 17 heavy (non-hydrogen) atoms. The van der Waals surface area contributed by atoms with E-state index in [1.165, 1.54) is 12.1 Å². The van der Waals surface area contributed by atoms with E-state index in [9.17, 15) is 4.39 Å². The molecule has 6 heteroatoms. The Morgan fingerprint density at radius 1 is 1.59 bits per heavy atom. The summed E-state index contributed by atoms with van der Waals surface area (Å²) in [6.45, 7) is 3.93. The van der Waals surface area contributed by atoms with E-state index in [1.807, 2.05) is 13.8 Å². The summed E-state index contributed by atoms with van der Waals surface area (Å²) in [5, 5.41) is 10.9. The molecule has 2 rings (SSSR count). The quantitative estimate of drug-likeness (QED) is 0.716. The van der Waals surface area contributed by atoms with Crippen molar-refractivity contribution in [3.63, 3.8) is 0 Å². The molecule has 4 N–H and O–H groups in total. The van der Waals surface area contributed by atoms with E-state index in [4.69, 9.17) is 11.1 Å². The van der Waals surface area contributed by atoms with Crippen LogP contribution in [0, 0.1) is 11.2 Å². The standard InChI is InChI=1S/C11H15FN4S/c1-11(2)10(14)15-7(5-17-11)9-6(12)3-4-8(13)16-9/h3-4,7H,5H2,1-2H3,(H2,13,16)(H2,14,15). The number of nitrogens with one attached hydrogen (secondary N) is 2. The number of anilines is 1. The number of hydrogen-bond acceptors (Lipinski definition) is 4. The van der Waals surface area contributed by atoms with Crippen LogP contribution in [-0.4, -0.2) is 21.3 Å². The van der Waals surface area contributed by atoms with Crippen LogP contribution in [0.15, 0.2) is 12.1 Å². The molecule has 1 unspecified atom stereocenters. The Morgan fingerprint density at radius 3 is 2.94 bits per heavy atom. The van der Waals surface area contributed by atoms with Crippen LogP contribution < -0.4 is 11.1 Å². The van der Waals surface area contributed by atoms with Gasteiger partial charge in [0, 0.05) is 5.75 Å². The van der Waals surface area contributed by atoms with Gasteiger partial charge in [0.05, 0.1) is 10.8 Å². The fourth-order valence-corrected chi connectivity index (χ4v) is 2.65. The lowest BCUT2D eigenvalue weighted by Gasteiger charge is -2.35. The zero-order valence-electron chi connectivity index (χ0n) is 9.75. The molecular formula is C11H15FN4S. The van der Waals surface area contributed by atoms with Crippen LogP contribution in [0.5, 0.6) is 0 Å². The van der Waals surface area contributed by atoms with Crippen LogP contribution in [0.3, 0.4) is 0 Å². The first-order valence-corrected chi connectivity index (χ1v) is 6.30. The van der Waals surface area contributed by atoms with Crippen LogP contribution in [0.1, 0.15) is 25.6 Å². The minimum Gasteiger partial charge on any atom is -0.384 e. The second kappa shape index (κ2) is 4.18. The smallest absolute Gasteiger partial charge is 0.147 e. The molecule has 1 atom stereocenters. The SMILES string of the molecule is CC1(C)SCC(c2nc(N)ccc2F)NC1=N. The predicted molar refractivity (Wildman–Crippen MR) is 68.7 cm³/mol. The normalized spacial score (nSPS) is 23.2. The van der Waals surface area contributed by atoms with Crippen molar-refractivity contribution < 1.29 is 4.39 Å². The maximum atomic E-state index is 13.6. The van der Waals surface area contributed by atoms with E-state index in [-0.39, 0.29) is 22.3 Å². The molecule has 4 nitrogen and oxygen atoms in total. The van der Waals surface area contributed by atoms with E-state index >= 15 is 0 Å². The summed E-state index contributed by atoms with van der Waals surface area (Å²) in [7, 11) is 0. The number of hydrogen-bond donors (Lipinski definition) is 3. The van der Waals surface area contributed by atoms with Crippen molar-refractivity contribution in [1.29, 1.82) is 5.41 Å². The number of pyridine rings is 1. The first-order chi connectivity index (χ1) is 7.90. The summed E-state index contributed by atoms with van der Waals surface area (Å²) >= 11 is 1.61. The molecule has 0 saturated carbocycles. The Hall–Kier alpha value is -1.30. The van der Waals surface area contributed by atoms with Gasteiger partial charge in [0.1, 0.15) is 23.2 Å². The van der Waals surface area contributed by atoms with Gasteiger partial charge in [0.15, 0.2) is 0 Å². The zero-order chi connectivity index (χ0) is 12.6. The van der Waals surface area contributed by atoms with Crippen LogP contribution in [-0.2, 0) is 0 Å². The summed E-state index contributed by atoms with van der Waals surface area (Å²) in [4.78, 5) is 4.01. The highest BCUT2D eigenvalue weighted by atomic mass is 32.2.